The van der Waals surface area contributed by atoms with Gasteiger partial charge in [0.2, 0.25) is 0 Å². The summed E-state index contributed by atoms with van der Waals surface area (Å²) in [6.07, 6.45) is 5.65. The molecule has 0 atom stereocenters. The van der Waals surface area contributed by atoms with E-state index < -0.39 is 0 Å². The largest absolute Gasteiger partial charge is 0.352 e. The third-order valence-electron chi connectivity index (χ3n) is 4.79. The summed E-state index contributed by atoms with van der Waals surface area (Å²) in [7, 11) is 0. The Balaban J connectivity index is 1.42. The molecule has 0 saturated carbocycles. The molecule has 0 N–H and O–H groups in total. The van der Waals surface area contributed by atoms with Gasteiger partial charge in [0.15, 0.2) is 0 Å². The Morgan fingerprint density at radius 2 is 1.67 bits per heavy atom. The fraction of sp³-hybridized carbons (Fsp3) is 0.190. The standard InChI is InChI=1S/C21H19N5O/c22-16-18-4-3-9-23-20(18)25-12-14-26(15-13-25)21(27)17-5-7-19(8-6-17)24-10-1-2-11-24/h1-11H,12-15H2. The maximum atomic E-state index is 12.8. The maximum absolute atomic E-state index is 12.8. The first-order valence-corrected chi connectivity index (χ1v) is 8.89. The van der Waals surface area contributed by atoms with Gasteiger partial charge in [0.05, 0.1) is 5.56 Å². The lowest BCUT2D eigenvalue weighted by Crippen LogP contribution is -2.49. The van der Waals surface area contributed by atoms with Crippen LogP contribution in [0, 0.1) is 11.3 Å². The molecule has 134 valence electrons. The fourth-order valence-corrected chi connectivity index (χ4v) is 3.32. The van der Waals surface area contributed by atoms with E-state index in [0.717, 1.165) is 5.69 Å². The van der Waals surface area contributed by atoms with Crippen molar-refractivity contribution in [1.82, 2.24) is 14.5 Å². The van der Waals surface area contributed by atoms with Crippen molar-refractivity contribution >= 4 is 11.7 Å². The van der Waals surface area contributed by atoms with Crippen molar-refractivity contribution in [3.63, 3.8) is 0 Å². The minimum atomic E-state index is 0.0373. The van der Waals surface area contributed by atoms with E-state index in [1.54, 1.807) is 18.3 Å². The van der Waals surface area contributed by atoms with Gasteiger partial charge in [-0.05, 0) is 48.5 Å². The number of anilines is 1. The van der Waals surface area contributed by atoms with E-state index in [0.29, 0.717) is 43.1 Å². The molecule has 1 aliphatic heterocycles. The molecule has 6 heteroatoms. The number of carbonyl (C=O) groups excluding carboxylic acids is 1. The number of rotatable bonds is 3. The normalized spacial score (nSPS) is 14.0. The molecule has 1 aromatic carbocycles. The predicted octanol–water partition coefficient (Wildman–Crippen LogP) is 2.71. The molecule has 1 fully saturated rings. The Kier molecular flexibility index (Phi) is 4.58. The molecule has 3 heterocycles. The summed E-state index contributed by atoms with van der Waals surface area (Å²) in [5.74, 6) is 0.735. The molecular weight excluding hydrogens is 338 g/mol. The molecule has 0 unspecified atom stereocenters. The fourth-order valence-electron chi connectivity index (χ4n) is 3.32. The molecule has 0 bridgehead atoms. The number of aromatic nitrogens is 2. The summed E-state index contributed by atoms with van der Waals surface area (Å²) in [4.78, 5) is 21.1. The third kappa shape index (κ3) is 3.40. The summed E-state index contributed by atoms with van der Waals surface area (Å²) < 4.78 is 2.01. The number of piperazine rings is 1. The van der Waals surface area contributed by atoms with Crippen LogP contribution in [0.15, 0.2) is 67.1 Å². The molecular formula is C21H19N5O. The first-order chi connectivity index (χ1) is 13.3. The number of carbonyl (C=O) groups is 1. The average molecular weight is 357 g/mol. The van der Waals surface area contributed by atoms with Gasteiger partial charge in [-0.25, -0.2) is 4.98 Å². The number of pyridine rings is 1. The Morgan fingerprint density at radius 3 is 2.33 bits per heavy atom. The zero-order valence-corrected chi connectivity index (χ0v) is 14.8. The number of amides is 1. The molecule has 1 amide bonds. The Hall–Kier alpha value is -3.59. The zero-order valence-electron chi connectivity index (χ0n) is 14.8. The molecule has 0 aliphatic carbocycles. The van der Waals surface area contributed by atoms with Crippen molar-refractivity contribution in [2.24, 2.45) is 0 Å². The van der Waals surface area contributed by atoms with E-state index in [9.17, 15) is 10.1 Å². The second kappa shape index (κ2) is 7.34. The SMILES string of the molecule is N#Cc1cccnc1N1CCN(C(=O)c2ccc(-n3cccc3)cc2)CC1. The van der Waals surface area contributed by atoms with Gasteiger partial charge in [-0.2, -0.15) is 5.26 Å². The number of nitriles is 1. The van der Waals surface area contributed by atoms with Gasteiger partial charge in [-0.1, -0.05) is 0 Å². The van der Waals surface area contributed by atoms with Crippen molar-refractivity contribution in [3.8, 4) is 11.8 Å². The summed E-state index contributed by atoms with van der Waals surface area (Å²) in [6.45, 7) is 2.55. The molecule has 27 heavy (non-hydrogen) atoms. The molecule has 6 nitrogen and oxygen atoms in total. The number of hydrogen-bond acceptors (Lipinski definition) is 4. The van der Waals surface area contributed by atoms with Crippen molar-refractivity contribution in [1.29, 1.82) is 5.26 Å². The van der Waals surface area contributed by atoms with Crippen molar-refractivity contribution < 1.29 is 4.79 Å². The van der Waals surface area contributed by atoms with E-state index in [-0.39, 0.29) is 5.91 Å². The van der Waals surface area contributed by atoms with Crippen LogP contribution in [0.2, 0.25) is 0 Å². The van der Waals surface area contributed by atoms with Crippen molar-refractivity contribution in [3.05, 3.63) is 78.2 Å². The van der Waals surface area contributed by atoms with Gasteiger partial charge in [-0.15, -0.1) is 0 Å². The maximum Gasteiger partial charge on any atom is 0.253 e. The Bertz CT molecular complexity index is 965. The van der Waals surface area contributed by atoms with Crippen molar-refractivity contribution in [2.75, 3.05) is 31.1 Å². The summed E-state index contributed by atoms with van der Waals surface area (Å²) in [6, 6.07) is 17.3. The number of hydrogen-bond donors (Lipinski definition) is 0. The van der Waals surface area contributed by atoms with E-state index in [2.05, 4.69) is 16.0 Å². The topological polar surface area (TPSA) is 65.2 Å². The van der Waals surface area contributed by atoms with E-state index >= 15 is 0 Å². The van der Waals surface area contributed by atoms with Crippen molar-refractivity contribution in [2.45, 2.75) is 0 Å². The Morgan fingerprint density at radius 1 is 0.963 bits per heavy atom. The summed E-state index contributed by atoms with van der Waals surface area (Å²) in [5.41, 5.74) is 2.29. The highest BCUT2D eigenvalue weighted by Crippen LogP contribution is 2.19. The van der Waals surface area contributed by atoms with Crippen LogP contribution in [0.4, 0.5) is 5.82 Å². The lowest BCUT2D eigenvalue weighted by atomic mass is 10.1. The van der Waals surface area contributed by atoms with Crippen LogP contribution in [0.25, 0.3) is 5.69 Å². The van der Waals surface area contributed by atoms with E-state index in [1.165, 1.54) is 0 Å². The van der Waals surface area contributed by atoms with Crippen LogP contribution in [-0.4, -0.2) is 46.5 Å². The molecule has 4 rings (SSSR count). The molecule has 0 radical (unpaired) electrons. The molecule has 3 aromatic rings. The van der Waals surface area contributed by atoms with Crippen LogP contribution >= 0.6 is 0 Å². The highest BCUT2D eigenvalue weighted by Gasteiger charge is 2.24. The summed E-state index contributed by atoms with van der Waals surface area (Å²) in [5, 5.41) is 9.25. The number of benzene rings is 1. The molecule has 0 spiro atoms. The lowest BCUT2D eigenvalue weighted by Gasteiger charge is -2.35. The minimum Gasteiger partial charge on any atom is -0.352 e. The van der Waals surface area contributed by atoms with Gasteiger partial charge >= 0.3 is 0 Å². The first-order valence-electron chi connectivity index (χ1n) is 8.89. The van der Waals surface area contributed by atoms with Crippen LogP contribution < -0.4 is 4.90 Å². The van der Waals surface area contributed by atoms with E-state index in [4.69, 9.17) is 0 Å². The monoisotopic (exact) mass is 357 g/mol. The van der Waals surface area contributed by atoms with Gasteiger partial charge in [-0.3, -0.25) is 4.79 Å². The average Bonchev–Trinajstić information content (AvgIpc) is 3.28. The van der Waals surface area contributed by atoms with Crippen LogP contribution in [0.3, 0.4) is 0 Å². The number of nitrogens with zero attached hydrogens (tertiary/aromatic N) is 5. The second-order valence-corrected chi connectivity index (χ2v) is 6.40. The minimum absolute atomic E-state index is 0.0373. The van der Waals surface area contributed by atoms with Gasteiger partial charge in [0.25, 0.3) is 5.91 Å². The lowest BCUT2D eigenvalue weighted by molar-refractivity contribution is 0.0746. The zero-order chi connectivity index (χ0) is 18.6. The Labute approximate surface area is 157 Å². The quantitative estimate of drug-likeness (QED) is 0.723. The van der Waals surface area contributed by atoms with E-state index in [1.807, 2.05) is 58.3 Å². The smallest absolute Gasteiger partial charge is 0.253 e. The molecule has 1 saturated heterocycles. The second-order valence-electron chi connectivity index (χ2n) is 6.40. The molecule has 2 aromatic heterocycles. The third-order valence-corrected chi connectivity index (χ3v) is 4.79. The predicted molar refractivity (Wildman–Crippen MR) is 103 cm³/mol. The van der Waals surface area contributed by atoms with Gasteiger partial charge in [0, 0.05) is 56.0 Å². The van der Waals surface area contributed by atoms with Crippen LogP contribution in [-0.2, 0) is 0 Å². The van der Waals surface area contributed by atoms with Crippen LogP contribution in [0.5, 0.6) is 0 Å². The first kappa shape index (κ1) is 16.9. The molecule has 1 aliphatic rings. The van der Waals surface area contributed by atoms with Crippen LogP contribution in [0.1, 0.15) is 15.9 Å². The highest BCUT2D eigenvalue weighted by molar-refractivity contribution is 5.94. The summed E-state index contributed by atoms with van der Waals surface area (Å²) >= 11 is 0. The highest BCUT2D eigenvalue weighted by atomic mass is 16.2. The van der Waals surface area contributed by atoms with Gasteiger partial charge < -0.3 is 14.4 Å². The van der Waals surface area contributed by atoms with Gasteiger partial charge in [0.1, 0.15) is 11.9 Å².